The van der Waals surface area contributed by atoms with E-state index in [2.05, 4.69) is 20.9 Å². The zero-order chi connectivity index (χ0) is 12.3. The van der Waals surface area contributed by atoms with Crippen LogP contribution in [-0.4, -0.2) is 4.98 Å². The summed E-state index contributed by atoms with van der Waals surface area (Å²) < 4.78 is 19.6. The first-order valence-electron chi connectivity index (χ1n) is 4.83. The third-order valence-electron chi connectivity index (χ3n) is 2.09. The number of alkyl halides is 1. The van der Waals surface area contributed by atoms with E-state index in [1.807, 2.05) is 0 Å². The number of rotatable bonds is 3. The number of halogens is 3. The van der Waals surface area contributed by atoms with E-state index in [0.717, 1.165) is 4.47 Å². The molecule has 0 radical (unpaired) electrons. The van der Waals surface area contributed by atoms with E-state index in [4.69, 9.17) is 16.3 Å². The number of aromatic nitrogens is 1. The van der Waals surface area contributed by atoms with Crippen LogP contribution in [0, 0.1) is 5.82 Å². The summed E-state index contributed by atoms with van der Waals surface area (Å²) in [5.74, 6) is 0.252. The Morgan fingerprint density at radius 1 is 1.35 bits per heavy atom. The van der Waals surface area contributed by atoms with Gasteiger partial charge in [0.15, 0.2) is 11.6 Å². The first-order valence-corrected chi connectivity index (χ1v) is 6.16. The van der Waals surface area contributed by atoms with Gasteiger partial charge in [0, 0.05) is 16.2 Å². The summed E-state index contributed by atoms with van der Waals surface area (Å²) in [5.41, 5.74) is 0.716. The normalized spacial score (nSPS) is 10.3. The second kappa shape index (κ2) is 5.47. The lowest BCUT2D eigenvalue weighted by atomic mass is 10.3. The maximum atomic E-state index is 13.5. The molecule has 5 heteroatoms. The number of ether oxygens (including phenoxy) is 1. The van der Waals surface area contributed by atoms with E-state index in [1.165, 1.54) is 6.07 Å². The monoisotopic (exact) mass is 315 g/mol. The lowest BCUT2D eigenvalue weighted by Crippen LogP contribution is -1.94. The molecule has 0 fully saturated rings. The molecular formula is C12H8BrClFNO. The molecule has 0 amide bonds. The Bertz CT molecular complexity index is 536. The molecule has 2 aromatic rings. The summed E-state index contributed by atoms with van der Waals surface area (Å²) in [6, 6.07) is 8.00. The molecule has 2 nitrogen and oxygen atoms in total. The van der Waals surface area contributed by atoms with Crippen LogP contribution in [0.25, 0.3) is 0 Å². The summed E-state index contributed by atoms with van der Waals surface area (Å²) in [6.07, 6.45) is 1.57. The van der Waals surface area contributed by atoms with Crippen LogP contribution in [0.15, 0.2) is 41.0 Å². The number of hydrogen-bond acceptors (Lipinski definition) is 2. The molecule has 0 atom stereocenters. The Kier molecular flexibility index (Phi) is 3.97. The molecule has 0 aliphatic rings. The van der Waals surface area contributed by atoms with Crippen molar-refractivity contribution in [2.45, 2.75) is 5.88 Å². The number of pyridine rings is 1. The molecule has 0 saturated heterocycles. The Morgan fingerprint density at radius 2 is 2.18 bits per heavy atom. The molecule has 0 saturated carbocycles. The van der Waals surface area contributed by atoms with Crippen molar-refractivity contribution < 1.29 is 9.13 Å². The standard InChI is InChI=1S/C12H8BrClFNO/c13-9-3-4-10(15)11(6-9)17-12-8(7-14)2-1-5-16-12/h1-6H,7H2. The topological polar surface area (TPSA) is 22.1 Å². The van der Waals surface area contributed by atoms with Crippen molar-refractivity contribution in [3.8, 4) is 11.6 Å². The van der Waals surface area contributed by atoms with Crippen molar-refractivity contribution >= 4 is 27.5 Å². The largest absolute Gasteiger partial charge is 0.436 e. The molecule has 1 heterocycles. The quantitative estimate of drug-likeness (QED) is 0.777. The predicted octanol–water partition coefficient (Wildman–Crippen LogP) is 4.51. The summed E-state index contributed by atoms with van der Waals surface area (Å²) in [7, 11) is 0. The lowest BCUT2D eigenvalue weighted by Gasteiger charge is -2.08. The van der Waals surface area contributed by atoms with Crippen LogP contribution in [-0.2, 0) is 5.88 Å². The zero-order valence-electron chi connectivity index (χ0n) is 8.66. The number of benzene rings is 1. The zero-order valence-corrected chi connectivity index (χ0v) is 11.0. The molecule has 0 N–H and O–H groups in total. The van der Waals surface area contributed by atoms with Crippen LogP contribution in [0.1, 0.15) is 5.56 Å². The van der Waals surface area contributed by atoms with Crippen molar-refractivity contribution in [2.75, 3.05) is 0 Å². The number of nitrogens with zero attached hydrogens (tertiary/aromatic N) is 1. The summed E-state index contributed by atoms with van der Waals surface area (Å²) in [4.78, 5) is 4.03. The minimum atomic E-state index is -0.445. The first-order chi connectivity index (χ1) is 8.20. The van der Waals surface area contributed by atoms with E-state index in [9.17, 15) is 4.39 Å². The van der Waals surface area contributed by atoms with Gasteiger partial charge in [-0.15, -0.1) is 11.6 Å². The molecule has 1 aromatic carbocycles. The highest BCUT2D eigenvalue weighted by molar-refractivity contribution is 9.10. The first kappa shape index (κ1) is 12.3. The highest BCUT2D eigenvalue weighted by Gasteiger charge is 2.09. The van der Waals surface area contributed by atoms with E-state index in [0.29, 0.717) is 11.4 Å². The third kappa shape index (κ3) is 2.96. The Hall–Kier alpha value is -1.13. The SMILES string of the molecule is Fc1ccc(Br)cc1Oc1ncccc1CCl. The second-order valence-corrected chi connectivity index (χ2v) is 4.46. The summed E-state index contributed by atoms with van der Waals surface area (Å²) in [5, 5.41) is 0. The van der Waals surface area contributed by atoms with Gasteiger partial charge in [-0.25, -0.2) is 9.37 Å². The van der Waals surface area contributed by atoms with Gasteiger partial charge in [-0.05, 0) is 24.3 Å². The molecule has 0 aliphatic carbocycles. The van der Waals surface area contributed by atoms with Gasteiger partial charge in [-0.1, -0.05) is 22.0 Å². The van der Waals surface area contributed by atoms with Crippen LogP contribution in [0.2, 0.25) is 0 Å². The minimum Gasteiger partial charge on any atom is -0.436 e. The second-order valence-electron chi connectivity index (χ2n) is 3.28. The fourth-order valence-corrected chi connectivity index (χ4v) is 1.82. The highest BCUT2D eigenvalue weighted by atomic mass is 79.9. The average Bonchev–Trinajstić information content (AvgIpc) is 2.34. The molecule has 0 aliphatic heterocycles. The van der Waals surface area contributed by atoms with Gasteiger partial charge in [-0.3, -0.25) is 0 Å². The minimum absolute atomic E-state index is 0.115. The lowest BCUT2D eigenvalue weighted by molar-refractivity contribution is 0.424. The maximum Gasteiger partial charge on any atom is 0.223 e. The van der Waals surface area contributed by atoms with Crippen molar-refractivity contribution in [2.24, 2.45) is 0 Å². The fourth-order valence-electron chi connectivity index (χ4n) is 1.28. The molecule has 0 unspecified atom stereocenters. The summed E-state index contributed by atoms with van der Waals surface area (Å²) >= 11 is 9.00. The van der Waals surface area contributed by atoms with Gasteiger partial charge in [0.05, 0.1) is 5.88 Å². The average molecular weight is 317 g/mol. The molecule has 17 heavy (non-hydrogen) atoms. The Labute approximate surface area is 112 Å². The van der Waals surface area contributed by atoms with Crippen LogP contribution in [0.5, 0.6) is 11.6 Å². The van der Waals surface area contributed by atoms with Crippen LogP contribution in [0.3, 0.4) is 0 Å². The van der Waals surface area contributed by atoms with Gasteiger partial charge in [-0.2, -0.15) is 0 Å². The molecule has 0 spiro atoms. The van der Waals surface area contributed by atoms with Crippen molar-refractivity contribution in [3.63, 3.8) is 0 Å². The van der Waals surface area contributed by atoms with Crippen molar-refractivity contribution in [1.29, 1.82) is 0 Å². The van der Waals surface area contributed by atoms with E-state index in [-0.39, 0.29) is 11.6 Å². The van der Waals surface area contributed by atoms with Crippen LogP contribution in [0.4, 0.5) is 4.39 Å². The van der Waals surface area contributed by atoms with E-state index < -0.39 is 5.82 Å². The van der Waals surface area contributed by atoms with Gasteiger partial charge in [0.1, 0.15) is 0 Å². The van der Waals surface area contributed by atoms with Gasteiger partial charge < -0.3 is 4.74 Å². The summed E-state index contributed by atoms with van der Waals surface area (Å²) in [6.45, 7) is 0. The third-order valence-corrected chi connectivity index (χ3v) is 2.88. The smallest absolute Gasteiger partial charge is 0.223 e. The van der Waals surface area contributed by atoms with Crippen LogP contribution < -0.4 is 4.74 Å². The molecule has 1 aromatic heterocycles. The van der Waals surface area contributed by atoms with E-state index >= 15 is 0 Å². The Balaban J connectivity index is 2.34. The van der Waals surface area contributed by atoms with E-state index in [1.54, 1.807) is 30.5 Å². The van der Waals surface area contributed by atoms with Crippen LogP contribution >= 0.6 is 27.5 Å². The molecule has 2 rings (SSSR count). The fraction of sp³-hybridized carbons (Fsp3) is 0.0833. The van der Waals surface area contributed by atoms with Crippen molar-refractivity contribution in [1.82, 2.24) is 4.98 Å². The molecular weight excluding hydrogens is 308 g/mol. The predicted molar refractivity (Wildman–Crippen MR) is 68.0 cm³/mol. The number of hydrogen-bond donors (Lipinski definition) is 0. The highest BCUT2D eigenvalue weighted by Crippen LogP contribution is 2.28. The van der Waals surface area contributed by atoms with Gasteiger partial charge in [0.2, 0.25) is 5.88 Å². The van der Waals surface area contributed by atoms with Gasteiger partial charge >= 0.3 is 0 Å². The maximum absolute atomic E-state index is 13.5. The molecule has 0 bridgehead atoms. The van der Waals surface area contributed by atoms with Gasteiger partial charge in [0.25, 0.3) is 0 Å². The van der Waals surface area contributed by atoms with Crippen molar-refractivity contribution in [3.05, 3.63) is 52.4 Å². The molecule has 88 valence electrons. The Morgan fingerprint density at radius 3 is 2.94 bits per heavy atom.